The largest absolute Gasteiger partial charge is 0.495 e. The molecule has 0 saturated carbocycles. The van der Waals surface area contributed by atoms with E-state index in [2.05, 4.69) is 10.2 Å². The Kier molecular flexibility index (Phi) is 2.55. The van der Waals surface area contributed by atoms with Gasteiger partial charge >= 0.3 is 5.97 Å². The monoisotopic (exact) mass is 219 g/mol. The molecule has 82 valence electrons. The van der Waals surface area contributed by atoms with E-state index >= 15 is 0 Å². The van der Waals surface area contributed by atoms with Crippen LogP contribution in [-0.2, 0) is 0 Å². The molecule has 2 aromatic rings. The lowest BCUT2D eigenvalue weighted by molar-refractivity contribution is 0.0681. The van der Waals surface area contributed by atoms with Crippen LogP contribution in [0, 0.1) is 0 Å². The molecule has 1 aromatic heterocycles. The van der Waals surface area contributed by atoms with Gasteiger partial charge in [0.2, 0.25) is 5.82 Å². The lowest BCUT2D eigenvalue weighted by Gasteiger charge is -2.08. The molecule has 0 aliphatic carbocycles. The van der Waals surface area contributed by atoms with Crippen LogP contribution in [0.5, 0.6) is 5.75 Å². The molecular weight excluding hydrogens is 210 g/mol. The third kappa shape index (κ3) is 1.60. The van der Waals surface area contributed by atoms with Gasteiger partial charge in [-0.1, -0.05) is 12.1 Å². The van der Waals surface area contributed by atoms with Crippen molar-refractivity contribution in [2.45, 2.75) is 0 Å². The molecule has 0 fully saturated rings. The van der Waals surface area contributed by atoms with E-state index in [1.807, 2.05) is 0 Å². The fraction of sp³-hybridized carbons (Fsp3) is 0.100. The summed E-state index contributed by atoms with van der Waals surface area (Å²) in [4.78, 5) is 10.9. The van der Waals surface area contributed by atoms with Crippen LogP contribution in [0.2, 0.25) is 0 Å². The Morgan fingerprint density at radius 3 is 2.88 bits per heavy atom. The third-order valence-electron chi connectivity index (χ3n) is 2.08. The number of aromatic nitrogens is 3. The molecule has 2 rings (SSSR count). The molecule has 0 aliphatic rings. The topological polar surface area (TPSA) is 77.2 Å². The van der Waals surface area contributed by atoms with E-state index in [0.717, 1.165) is 0 Å². The van der Waals surface area contributed by atoms with Gasteiger partial charge in [0.15, 0.2) is 0 Å². The summed E-state index contributed by atoms with van der Waals surface area (Å²) in [6, 6.07) is 7.05. The molecule has 6 nitrogen and oxygen atoms in total. The number of ether oxygens (including phenoxy) is 1. The van der Waals surface area contributed by atoms with Crippen LogP contribution in [0.3, 0.4) is 0 Å². The number of carboxylic acids is 1. The summed E-state index contributed by atoms with van der Waals surface area (Å²) >= 11 is 0. The van der Waals surface area contributed by atoms with Crippen molar-refractivity contribution in [1.29, 1.82) is 0 Å². The molecule has 6 heteroatoms. The lowest BCUT2D eigenvalue weighted by Crippen LogP contribution is -2.08. The van der Waals surface area contributed by atoms with Gasteiger partial charge in [-0.25, -0.2) is 4.79 Å². The van der Waals surface area contributed by atoms with Crippen LogP contribution in [0.15, 0.2) is 30.6 Å². The summed E-state index contributed by atoms with van der Waals surface area (Å²) in [5.74, 6) is -0.724. The fourth-order valence-corrected chi connectivity index (χ4v) is 1.39. The summed E-state index contributed by atoms with van der Waals surface area (Å²) in [6.45, 7) is 0. The van der Waals surface area contributed by atoms with Gasteiger partial charge in [-0.3, -0.25) is 4.57 Å². The number of para-hydroxylation sites is 2. The molecule has 1 N–H and O–H groups in total. The normalized spacial score (nSPS) is 10.1. The van der Waals surface area contributed by atoms with Crippen LogP contribution in [0.1, 0.15) is 10.6 Å². The summed E-state index contributed by atoms with van der Waals surface area (Å²) in [5, 5.41) is 16.0. The van der Waals surface area contributed by atoms with E-state index in [0.29, 0.717) is 11.4 Å². The van der Waals surface area contributed by atoms with Crippen LogP contribution in [0.4, 0.5) is 0 Å². The first-order valence-corrected chi connectivity index (χ1v) is 4.50. The van der Waals surface area contributed by atoms with Gasteiger partial charge in [-0.05, 0) is 12.1 Å². The Bertz CT molecular complexity index is 522. The van der Waals surface area contributed by atoms with Crippen molar-refractivity contribution in [1.82, 2.24) is 14.8 Å². The molecule has 1 heterocycles. The predicted octanol–water partition coefficient (Wildman–Crippen LogP) is 0.974. The number of carboxylic acid groups (broad SMARTS) is 1. The predicted molar refractivity (Wildman–Crippen MR) is 54.9 cm³/mol. The molecular formula is C10H9N3O3. The maximum absolute atomic E-state index is 10.9. The number of benzene rings is 1. The average molecular weight is 219 g/mol. The van der Waals surface area contributed by atoms with Crippen LogP contribution < -0.4 is 4.74 Å². The Balaban J connectivity index is 2.58. The van der Waals surface area contributed by atoms with Gasteiger partial charge in [0.25, 0.3) is 0 Å². The van der Waals surface area contributed by atoms with Crippen LogP contribution >= 0.6 is 0 Å². The maximum atomic E-state index is 10.9. The van der Waals surface area contributed by atoms with Crippen LogP contribution in [-0.4, -0.2) is 33.0 Å². The molecule has 1 aromatic carbocycles. The Morgan fingerprint density at radius 1 is 1.44 bits per heavy atom. The van der Waals surface area contributed by atoms with E-state index < -0.39 is 5.97 Å². The van der Waals surface area contributed by atoms with E-state index in [4.69, 9.17) is 9.84 Å². The number of hydrogen-bond donors (Lipinski definition) is 1. The SMILES string of the molecule is COc1ccccc1-n1cnnc1C(=O)O. The van der Waals surface area contributed by atoms with Crippen molar-refractivity contribution in [2.24, 2.45) is 0 Å². The first kappa shape index (κ1) is 10.2. The van der Waals surface area contributed by atoms with Gasteiger partial charge in [0.05, 0.1) is 12.8 Å². The molecule has 0 saturated heterocycles. The second-order valence-corrected chi connectivity index (χ2v) is 3.00. The first-order valence-electron chi connectivity index (χ1n) is 4.50. The fourth-order valence-electron chi connectivity index (χ4n) is 1.39. The van der Waals surface area contributed by atoms with E-state index in [9.17, 15) is 4.79 Å². The lowest BCUT2D eigenvalue weighted by atomic mass is 10.3. The zero-order valence-corrected chi connectivity index (χ0v) is 8.49. The van der Waals surface area contributed by atoms with Gasteiger partial charge in [-0.15, -0.1) is 10.2 Å². The van der Waals surface area contributed by atoms with Gasteiger partial charge in [0, 0.05) is 0 Å². The quantitative estimate of drug-likeness (QED) is 0.832. The molecule has 0 aliphatic heterocycles. The summed E-state index contributed by atoms with van der Waals surface area (Å²) in [7, 11) is 1.52. The molecule has 0 amide bonds. The van der Waals surface area contributed by atoms with Gasteiger partial charge in [0.1, 0.15) is 12.1 Å². The van der Waals surface area contributed by atoms with Crippen molar-refractivity contribution < 1.29 is 14.6 Å². The number of methoxy groups -OCH3 is 1. The number of carbonyl (C=O) groups is 1. The summed E-state index contributed by atoms with van der Waals surface area (Å²) < 4.78 is 6.50. The summed E-state index contributed by atoms with van der Waals surface area (Å²) in [5.41, 5.74) is 0.590. The minimum Gasteiger partial charge on any atom is -0.495 e. The Morgan fingerprint density at radius 2 is 2.19 bits per heavy atom. The number of aromatic carboxylic acids is 1. The zero-order chi connectivity index (χ0) is 11.5. The molecule has 16 heavy (non-hydrogen) atoms. The zero-order valence-electron chi connectivity index (χ0n) is 8.49. The first-order chi connectivity index (χ1) is 7.74. The average Bonchev–Trinajstić information content (AvgIpc) is 2.77. The molecule has 0 unspecified atom stereocenters. The molecule has 0 bridgehead atoms. The highest BCUT2D eigenvalue weighted by Gasteiger charge is 2.15. The number of hydrogen-bond acceptors (Lipinski definition) is 4. The minimum atomic E-state index is -1.14. The maximum Gasteiger partial charge on any atom is 0.374 e. The van der Waals surface area contributed by atoms with E-state index in [1.165, 1.54) is 18.0 Å². The second kappa shape index (κ2) is 4.01. The Labute approximate surface area is 91.1 Å². The third-order valence-corrected chi connectivity index (χ3v) is 2.08. The minimum absolute atomic E-state index is 0.149. The van der Waals surface area contributed by atoms with Gasteiger partial charge < -0.3 is 9.84 Å². The van der Waals surface area contributed by atoms with Crippen molar-refractivity contribution in [3.05, 3.63) is 36.4 Å². The molecule has 0 radical (unpaired) electrons. The van der Waals surface area contributed by atoms with Crippen molar-refractivity contribution in [2.75, 3.05) is 7.11 Å². The molecule has 0 atom stereocenters. The van der Waals surface area contributed by atoms with E-state index in [-0.39, 0.29) is 5.82 Å². The highest BCUT2D eigenvalue weighted by atomic mass is 16.5. The van der Waals surface area contributed by atoms with Crippen molar-refractivity contribution in [3.8, 4) is 11.4 Å². The Hall–Kier alpha value is -2.37. The smallest absolute Gasteiger partial charge is 0.374 e. The summed E-state index contributed by atoms with van der Waals surface area (Å²) in [6.07, 6.45) is 1.33. The highest BCUT2D eigenvalue weighted by molar-refractivity contribution is 5.84. The second-order valence-electron chi connectivity index (χ2n) is 3.00. The molecule has 0 spiro atoms. The van der Waals surface area contributed by atoms with Crippen molar-refractivity contribution >= 4 is 5.97 Å². The van der Waals surface area contributed by atoms with Crippen molar-refractivity contribution in [3.63, 3.8) is 0 Å². The van der Waals surface area contributed by atoms with Crippen LogP contribution in [0.25, 0.3) is 5.69 Å². The number of rotatable bonds is 3. The number of nitrogens with zero attached hydrogens (tertiary/aromatic N) is 3. The van der Waals surface area contributed by atoms with Gasteiger partial charge in [-0.2, -0.15) is 0 Å². The van der Waals surface area contributed by atoms with E-state index in [1.54, 1.807) is 24.3 Å². The highest BCUT2D eigenvalue weighted by Crippen LogP contribution is 2.22. The standard InChI is InChI=1S/C10H9N3O3/c1-16-8-5-3-2-4-7(8)13-6-11-12-9(13)10(14)15/h2-6H,1H3,(H,14,15).